The number of nitrogens with zero attached hydrogens (tertiary/aromatic N) is 5. The van der Waals surface area contributed by atoms with Crippen LogP contribution in [-0.2, 0) is 11.3 Å². The van der Waals surface area contributed by atoms with Gasteiger partial charge in [-0.3, -0.25) is 14.3 Å². The number of hydrogen-bond donors (Lipinski definition) is 0. The number of halogens is 2. The first kappa shape index (κ1) is 25.1. The quantitative estimate of drug-likeness (QED) is 0.316. The summed E-state index contributed by atoms with van der Waals surface area (Å²) in [6.07, 6.45) is 1.93. The molecule has 8 heteroatoms. The third-order valence-corrected chi connectivity index (χ3v) is 8.25. The lowest BCUT2D eigenvalue weighted by Crippen LogP contribution is -2.52. The third-order valence-electron chi connectivity index (χ3n) is 7.72. The van der Waals surface area contributed by atoms with Gasteiger partial charge in [0.25, 0.3) is 0 Å². The summed E-state index contributed by atoms with van der Waals surface area (Å²) in [5, 5.41) is 0. The van der Waals surface area contributed by atoms with Crippen molar-refractivity contribution in [3.8, 4) is 5.69 Å². The molecular formula is C30H31BrFN5O. The molecular weight excluding hydrogens is 545 g/mol. The largest absolute Gasteiger partial charge is 0.368 e. The summed E-state index contributed by atoms with van der Waals surface area (Å²) in [6, 6.07) is 23.2. The van der Waals surface area contributed by atoms with Crippen LogP contribution < -0.4 is 4.90 Å². The highest BCUT2D eigenvalue weighted by Gasteiger charge is 2.31. The van der Waals surface area contributed by atoms with E-state index in [0.717, 1.165) is 71.7 Å². The molecule has 0 saturated carbocycles. The number of carbonyl (C=O) groups excluding carboxylic acids is 1. The molecule has 1 atom stereocenters. The van der Waals surface area contributed by atoms with Crippen molar-refractivity contribution in [3.63, 3.8) is 0 Å². The molecule has 3 heterocycles. The van der Waals surface area contributed by atoms with Gasteiger partial charge in [0.05, 0.1) is 23.5 Å². The fourth-order valence-electron chi connectivity index (χ4n) is 5.76. The van der Waals surface area contributed by atoms with E-state index in [1.165, 1.54) is 12.1 Å². The number of imidazole rings is 1. The zero-order valence-electron chi connectivity index (χ0n) is 21.3. The number of rotatable bonds is 5. The monoisotopic (exact) mass is 575 g/mol. The number of likely N-dealkylation sites (tertiary alicyclic amines) is 1. The molecule has 0 unspecified atom stereocenters. The molecule has 0 bridgehead atoms. The van der Waals surface area contributed by atoms with E-state index >= 15 is 0 Å². The number of amides is 1. The number of aromatic nitrogens is 2. The normalized spacial score (nSPS) is 18.7. The molecule has 0 radical (unpaired) electrons. The Morgan fingerprint density at radius 3 is 2.37 bits per heavy atom. The van der Waals surface area contributed by atoms with Crippen LogP contribution in [0.1, 0.15) is 18.7 Å². The number of fused-ring (bicyclic) bond motifs is 1. The van der Waals surface area contributed by atoms with Gasteiger partial charge in [-0.2, -0.15) is 0 Å². The van der Waals surface area contributed by atoms with E-state index in [1.807, 2.05) is 23.1 Å². The molecule has 1 aromatic heterocycles. The molecule has 4 aromatic rings. The molecule has 0 N–H and O–H groups in total. The number of carbonyl (C=O) groups is 1. The standard InChI is InChI=1S/C30H31BrFN5O/c31-23-7-11-26(12-8-23)37-28-6-2-1-5-27(28)33-29(37)21-34-15-3-4-22(20-34)30(38)36-18-16-35(17-19-36)25-13-9-24(32)10-14-25/h1-2,5-14,22H,3-4,15-21H2/t22-/m0/s1. The second kappa shape index (κ2) is 10.9. The van der Waals surface area contributed by atoms with E-state index in [9.17, 15) is 9.18 Å². The molecule has 2 saturated heterocycles. The van der Waals surface area contributed by atoms with E-state index in [1.54, 1.807) is 0 Å². The van der Waals surface area contributed by atoms with Crippen LogP contribution in [0.4, 0.5) is 10.1 Å². The summed E-state index contributed by atoms with van der Waals surface area (Å²) in [7, 11) is 0. The van der Waals surface area contributed by atoms with Crippen LogP contribution in [0, 0.1) is 11.7 Å². The average molecular weight is 577 g/mol. The molecule has 0 aliphatic carbocycles. The van der Waals surface area contributed by atoms with Crippen LogP contribution in [0.5, 0.6) is 0 Å². The summed E-state index contributed by atoms with van der Waals surface area (Å²) in [5.74, 6) is 1.04. The molecule has 2 aliphatic heterocycles. The number of piperazine rings is 1. The molecule has 38 heavy (non-hydrogen) atoms. The Labute approximate surface area is 230 Å². The van der Waals surface area contributed by atoms with Gasteiger partial charge in [-0.25, -0.2) is 9.37 Å². The van der Waals surface area contributed by atoms with Crippen molar-refractivity contribution in [3.05, 3.63) is 88.9 Å². The first-order valence-electron chi connectivity index (χ1n) is 13.3. The van der Waals surface area contributed by atoms with Crippen LogP contribution >= 0.6 is 15.9 Å². The molecule has 196 valence electrons. The molecule has 2 fully saturated rings. The number of benzene rings is 3. The van der Waals surface area contributed by atoms with E-state index < -0.39 is 0 Å². The Hall–Kier alpha value is -3.23. The highest BCUT2D eigenvalue weighted by atomic mass is 79.9. The van der Waals surface area contributed by atoms with Crippen molar-refractivity contribution in [1.29, 1.82) is 0 Å². The van der Waals surface area contributed by atoms with Gasteiger partial charge in [-0.1, -0.05) is 28.1 Å². The lowest BCUT2D eigenvalue weighted by Gasteiger charge is -2.39. The van der Waals surface area contributed by atoms with Gasteiger partial charge in [0.15, 0.2) is 0 Å². The SMILES string of the molecule is O=C([C@H]1CCCN(Cc2nc3ccccc3n2-c2ccc(Br)cc2)C1)N1CCN(c2ccc(F)cc2)CC1. The van der Waals surface area contributed by atoms with Crippen LogP contribution in [-0.4, -0.2) is 64.5 Å². The van der Waals surface area contributed by atoms with E-state index in [0.29, 0.717) is 19.6 Å². The third kappa shape index (κ3) is 5.20. The fourth-order valence-corrected chi connectivity index (χ4v) is 6.02. The smallest absolute Gasteiger partial charge is 0.227 e. The van der Waals surface area contributed by atoms with E-state index in [-0.39, 0.29) is 17.6 Å². The molecule has 6 rings (SSSR count). The first-order chi connectivity index (χ1) is 18.5. The first-order valence-corrected chi connectivity index (χ1v) is 14.1. The summed E-state index contributed by atoms with van der Waals surface area (Å²) in [6.45, 7) is 5.35. The van der Waals surface area contributed by atoms with Gasteiger partial charge in [0.1, 0.15) is 11.6 Å². The van der Waals surface area contributed by atoms with Crippen LogP contribution in [0.2, 0.25) is 0 Å². The Morgan fingerprint density at radius 1 is 0.895 bits per heavy atom. The lowest BCUT2D eigenvalue weighted by atomic mass is 9.96. The van der Waals surface area contributed by atoms with Gasteiger partial charge in [0.2, 0.25) is 5.91 Å². The summed E-state index contributed by atoms with van der Waals surface area (Å²) in [4.78, 5) is 25.1. The second-order valence-electron chi connectivity index (χ2n) is 10.2. The van der Waals surface area contributed by atoms with Crippen molar-refractivity contribution < 1.29 is 9.18 Å². The lowest BCUT2D eigenvalue weighted by molar-refractivity contribution is -0.137. The Balaban J connectivity index is 1.14. The second-order valence-corrected chi connectivity index (χ2v) is 11.1. The summed E-state index contributed by atoms with van der Waals surface area (Å²) < 4.78 is 16.6. The minimum atomic E-state index is -0.225. The van der Waals surface area contributed by atoms with Crippen molar-refractivity contribution in [2.75, 3.05) is 44.2 Å². The van der Waals surface area contributed by atoms with Crippen LogP contribution in [0.15, 0.2) is 77.3 Å². The predicted octanol–water partition coefficient (Wildman–Crippen LogP) is 5.49. The van der Waals surface area contributed by atoms with Crippen molar-refractivity contribution in [2.24, 2.45) is 5.92 Å². The van der Waals surface area contributed by atoms with Gasteiger partial charge in [0, 0.05) is 48.6 Å². The fraction of sp³-hybridized carbons (Fsp3) is 0.333. The molecule has 6 nitrogen and oxygen atoms in total. The zero-order valence-corrected chi connectivity index (χ0v) is 22.9. The molecule has 2 aliphatic rings. The topological polar surface area (TPSA) is 44.6 Å². The minimum absolute atomic E-state index is 0.00614. The van der Waals surface area contributed by atoms with Crippen LogP contribution in [0.3, 0.4) is 0 Å². The van der Waals surface area contributed by atoms with E-state index in [4.69, 9.17) is 4.98 Å². The Kier molecular flexibility index (Phi) is 7.17. The number of para-hydroxylation sites is 2. The minimum Gasteiger partial charge on any atom is -0.368 e. The Morgan fingerprint density at radius 2 is 1.61 bits per heavy atom. The number of anilines is 1. The summed E-state index contributed by atoms with van der Waals surface area (Å²) in [5.41, 5.74) is 4.17. The summed E-state index contributed by atoms with van der Waals surface area (Å²) >= 11 is 3.54. The maximum Gasteiger partial charge on any atom is 0.227 e. The van der Waals surface area contributed by atoms with Crippen molar-refractivity contribution in [1.82, 2.24) is 19.4 Å². The molecule has 3 aromatic carbocycles. The molecule has 1 amide bonds. The average Bonchev–Trinajstić information content (AvgIpc) is 3.31. The Bertz CT molecular complexity index is 1410. The number of hydrogen-bond acceptors (Lipinski definition) is 4. The van der Waals surface area contributed by atoms with Crippen molar-refractivity contribution in [2.45, 2.75) is 19.4 Å². The van der Waals surface area contributed by atoms with Crippen LogP contribution in [0.25, 0.3) is 16.7 Å². The maximum atomic E-state index is 13.5. The predicted molar refractivity (Wildman–Crippen MR) is 152 cm³/mol. The van der Waals surface area contributed by atoms with E-state index in [2.05, 4.69) is 72.8 Å². The number of piperidine rings is 1. The molecule has 0 spiro atoms. The van der Waals surface area contributed by atoms with Gasteiger partial charge >= 0.3 is 0 Å². The van der Waals surface area contributed by atoms with Crippen molar-refractivity contribution >= 4 is 38.6 Å². The maximum absolute atomic E-state index is 13.5. The van der Waals surface area contributed by atoms with Gasteiger partial charge in [-0.15, -0.1) is 0 Å². The van der Waals surface area contributed by atoms with Gasteiger partial charge in [-0.05, 0) is 80.1 Å². The van der Waals surface area contributed by atoms with Gasteiger partial charge < -0.3 is 9.80 Å². The zero-order chi connectivity index (χ0) is 26.1. The highest BCUT2D eigenvalue weighted by Crippen LogP contribution is 2.27. The highest BCUT2D eigenvalue weighted by molar-refractivity contribution is 9.10.